The summed E-state index contributed by atoms with van der Waals surface area (Å²) < 4.78 is 10.9. The molecule has 1 amide bonds. The minimum Gasteiger partial charge on any atom is -0.497 e. The second kappa shape index (κ2) is 8.02. The number of pyridine rings is 1. The molecule has 0 aliphatic heterocycles. The Hall–Kier alpha value is -2.56. The molecule has 1 aromatic heterocycles. The molecular weight excluding hydrogens is 280 g/mol. The molecule has 0 fully saturated rings. The molecule has 1 atom stereocenters. The van der Waals surface area contributed by atoms with Crippen LogP contribution >= 0.6 is 0 Å². The number of aromatic nitrogens is 1. The Morgan fingerprint density at radius 1 is 1.23 bits per heavy atom. The molecule has 0 spiro atoms. The Labute approximate surface area is 130 Å². The number of rotatable bonds is 7. The number of amides is 1. The Morgan fingerprint density at radius 3 is 2.64 bits per heavy atom. The first kappa shape index (κ1) is 15.8. The summed E-state index contributed by atoms with van der Waals surface area (Å²) in [5, 5.41) is 2.88. The Balaban J connectivity index is 1.93. The molecule has 0 aliphatic carbocycles. The van der Waals surface area contributed by atoms with Gasteiger partial charge in [0.05, 0.1) is 7.11 Å². The number of nitrogens with one attached hydrogen (secondary N) is 1. The third-order valence-corrected chi connectivity index (χ3v) is 3.20. The maximum Gasteiger partial charge on any atom is 0.261 e. The molecule has 0 unspecified atom stereocenters. The van der Waals surface area contributed by atoms with Gasteiger partial charge in [0.15, 0.2) is 6.10 Å². The maximum absolute atomic E-state index is 12.2. The molecule has 0 bridgehead atoms. The molecule has 5 nitrogen and oxygen atoms in total. The number of benzene rings is 1. The Kier molecular flexibility index (Phi) is 5.77. The van der Waals surface area contributed by atoms with Crippen molar-refractivity contribution in [3.63, 3.8) is 0 Å². The van der Waals surface area contributed by atoms with Crippen molar-refractivity contribution in [2.24, 2.45) is 0 Å². The van der Waals surface area contributed by atoms with E-state index in [9.17, 15) is 4.79 Å². The summed E-state index contributed by atoms with van der Waals surface area (Å²) in [4.78, 5) is 16.2. The molecule has 1 N–H and O–H groups in total. The molecular formula is C17H20N2O3. The lowest BCUT2D eigenvalue weighted by Gasteiger charge is -2.17. The quantitative estimate of drug-likeness (QED) is 0.853. The third kappa shape index (κ3) is 4.48. The van der Waals surface area contributed by atoms with Crippen LogP contribution in [0.1, 0.15) is 18.9 Å². The lowest BCUT2D eigenvalue weighted by Crippen LogP contribution is -2.37. The van der Waals surface area contributed by atoms with Gasteiger partial charge in [0.25, 0.3) is 5.91 Å². The summed E-state index contributed by atoms with van der Waals surface area (Å²) in [6, 6.07) is 11.0. The second-order valence-corrected chi connectivity index (χ2v) is 4.77. The highest BCUT2D eigenvalue weighted by Crippen LogP contribution is 2.20. The Bertz CT molecular complexity index is 602. The number of nitrogens with zero attached hydrogens (tertiary/aromatic N) is 1. The van der Waals surface area contributed by atoms with Crippen LogP contribution in [0.15, 0.2) is 48.8 Å². The molecule has 1 aromatic carbocycles. The molecule has 0 radical (unpaired) electrons. The normalized spacial score (nSPS) is 11.5. The standard InChI is InChI=1S/C17H20N2O3/c1-3-16(22-15-6-4-5-14(11-15)21-2)17(20)19-12-13-7-9-18-10-8-13/h4-11,16H,3,12H2,1-2H3,(H,19,20)/t16-/m0/s1. The summed E-state index contributed by atoms with van der Waals surface area (Å²) in [7, 11) is 1.60. The zero-order valence-electron chi connectivity index (χ0n) is 12.8. The van der Waals surface area contributed by atoms with Gasteiger partial charge in [-0.2, -0.15) is 0 Å². The second-order valence-electron chi connectivity index (χ2n) is 4.77. The summed E-state index contributed by atoms with van der Waals surface area (Å²) in [6.45, 7) is 2.37. The molecule has 116 valence electrons. The van der Waals surface area contributed by atoms with Crippen LogP contribution in [0.2, 0.25) is 0 Å². The topological polar surface area (TPSA) is 60.5 Å². The van der Waals surface area contributed by atoms with Gasteiger partial charge >= 0.3 is 0 Å². The van der Waals surface area contributed by atoms with Crippen LogP contribution in [-0.2, 0) is 11.3 Å². The van der Waals surface area contributed by atoms with Crippen molar-refractivity contribution in [1.82, 2.24) is 10.3 Å². The first-order valence-corrected chi connectivity index (χ1v) is 7.20. The first-order valence-electron chi connectivity index (χ1n) is 7.20. The van der Waals surface area contributed by atoms with Crippen molar-refractivity contribution < 1.29 is 14.3 Å². The van der Waals surface area contributed by atoms with E-state index in [-0.39, 0.29) is 5.91 Å². The molecule has 0 saturated heterocycles. The number of hydrogen-bond donors (Lipinski definition) is 1. The van der Waals surface area contributed by atoms with Crippen LogP contribution in [0.4, 0.5) is 0 Å². The molecule has 0 saturated carbocycles. The molecule has 22 heavy (non-hydrogen) atoms. The first-order chi connectivity index (χ1) is 10.7. The van der Waals surface area contributed by atoms with Crippen molar-refractivity contribution in [2.45, 2.75) is 26.0 Å². The van der Waals surface area contributed by atoms with Crippen molar-refractivity contribution in [3.05, 3.63) is 54.4 Å². The van der Waals surface area contributed by atoms with Gasteiger partial charge in [0, 0.05) is 25.0 Å². The van der Waals surface area contributed by atoms with Crippen molar-refractivity contribution in [2.75, 3.05) is 7.11 Å². The van der Waals surface area contributed by atoms with Crippen LogP contribution in [0.5, 0.6) is 11.5 Å². The van der Waals surface area contributed by atoms with E-state index in [1.807, 2.05) is 31.2 Å². The average Bonchev–Trinajstić information content (AvgIpc) is 2.58. The van der Waals surface area contributed by atoms with Gasteiger partial charge in [-0.15, -0.1) is 0 Å². The van der Waals surface area contributed by atoms with Crippen LogP contribution in [0.3, 0.4) is 0 Å². The van der Waals surface area contributed by atoms with Gasteiger partial charge in [-0.25, -0.2) is 0 Å². The number of ether oxygens (including phenoxy) is 2. The van der Waals surface area contributed by atoms with Crippen LogP contribution in [0, 0.1) is 0 Å². The fraction of sp³-hybridized carbons (Fsp3) is 0.294. The predicted octanol–water partition coefficient (Wildman–Crippen LogP) is 2.56. The van der Waals surface area contributed by atoms with Crippen molar-refractivity contribution >= 4 is 5.91 Å². The fourth-order valence-corrected chi connectivity index (χ4v) is 1.96. The Morgan fingerprint density at radius 2 is 1.95 bits per heavy atom. The van der Waals surface area contributed by atoms with Gasteiger partial charge in [0.2, 0.25) is 0 Å². The predicted molar refractivity (Wildman–Crippen MR) is 83.8 cm³/mol. The van der Waals surface area contributed by atoms with Gasteiger partial charge in [0.1, 0.15) is 11.5 Å². The largest absolute Gasteiger partial charge is 0.497 e. The SMILES string of the molecule is CC[C@H](Oc1cccc(OC)c1)C(=O)NCc1ccncc1. The highest BCUT2D eigenvalue weighted by Gasteiger charge is 2.18. The van der Waals surface area contributed by atoms with Gasteiger partial charge in [-0.1, -0.05) is 13.0 Å². The molecule has 0 aliphatic rings. The third-order valence-electron chi connectivity index (χ3n) is 3.20. The summed E-state index contributed by atoms with van der Waals surface area (Å²) in [6.07, 6.45) is 3.45. The van der Waals surface area contributed by atoms with E-state index in [4.69, 9.17) is 9.47 Å². The minimum atomic E-state index is -0.533. The molecule has 2 rings (SSSR count). The lowest BCUT2D eigenvalue weighted by atomic mass is 10.2. The van der Waals surface area contributed by atoms with Crippen molar-refractivity contribution in [3.8, 4) is 11.5 Å². The molecule has 2 aromatic rings. The van der Waals surface area contributed by atoms with E-state index in [2.05, 4.69) is 10.3 Å². The van der Waals surface area contributed by atoms with Crippen LogP contribution in [0.25, 0.3) is 0 Å². The highest BCUT2D eigenvalue weighted by atomic mass is 16.5. The van der Waals surface area contributed by atoms with Gasteiger partial charge < -0.3 is 14.8 Å². The number of methoxy groups -OCH3 is 1. The summed E-state index contributed by atoms with van der Waals surface area (Å²) in [5.74, 6) is 1.18. The minimum absolute atomic E-state index is 0.137. The lowest BCUT2D eigenvalue weighted by molar-refractivity contribution is -0.128. The average molecular weight is 300 g/mol. The number of carbonyl (C=O) groups is 1. The van der Waals surface area contributed by atoms with E-state index in [1.165, 1.54) is 0 Å². The maximum atomic E-state index is 12.2. The fourth-order valence-electron chi connectivity index (χ4n) is 1.96. The summed E-state index contributed by atoms with van der Waals surface area (Å²) >= 11 is 0. The van der Waals surface area contributed by atoms with E-state index in [0.29, 0.717) is 24.5 Å². The van der Waals surface area contributed by atoms with Gasteiger partial charge in [-0.05, 0) is 36.2 Å². The van der Waals surface area contributed by atoms with E-state index in [0.717, 1.165) is 5.56 Å². The van der Waals surface area contributed by atoms with Gasteiger partial charge in [-0.3, -0.25) is 9.78 Å². The van der Waals surface area contributed by atoms with Crippen LogP contribution in [-0.4, -0.2) is 24.1 Å². The van der Waals surface area contributed by atoms with Crippen LogP contribution < -0.4 is 14.8 Å². The number of hydrogen-bond acceptors (Lipinski definition) is 4. The molecule has 5 heteroatoms. The molecule has 1 heterocycles. The van der Waals surface area contributed by atoms with E-state index in [1.54, 1.807) is 31.6 Å². The van der Waals surface area contributed by atoms with E-state index < -0.39 is 6.10 Å². The summed E-state index contributed by atoms with van der Waals surface area (Å²) in [5.41, 5.74) is 1.000. The smallest absolute Gasteiger partial charge is 0.261 e. The zero-order chi connectivity index (χ0) is 15.8. The highest BCUT2D eigenvalue weighted by molar-refractivity contribution is 5.81. The van der Waals surface area contributed by atoms with Crippen molar-refractivity contribution in [1.29, 1.82) is 0 Å². The number of carbonyl (C=O) groups excluding carboxylic acids is 1. The zero-order valence-corrected chi connectivity index (χ0v) is 12.8. The van der Waals surface area contributed by atoms with E-state index >= 15 is 0 Å². The monoisotopic (exact) mass is 300 g/mol.